The third kappa shape index (κ3) is 10.7. The van der Waals surface area contributed by atoms with Crippen molar-refractivity contribution >= 4 is 6.09 Å². The molecule has 1 aliphatic rings. The number of alkyl carbamates (subject to hydrolysis) is 1. The van der Waals surface area contributed by atoms with E-state index in [1.807, 2.05) is 31.3 Å². The van der Waals surface area contributed by atoms with Gasteiger partial charge in [0, 0.05) is 25.6 Å². The number of hydrogen-bond donors (Lipinski definition) is 2. The van der Waals surface area contributed by atoms with Crippen LogP contribution in [0.3, 0.4) is 0 Å². The van der Waals surface area contributed by atoms with Crippen molar-refractivity contribution in [1.82, 2.24) is 10.6 Å². The van der Waals surface area contributed by atoms with Gasteiger partial charge in [0.1, 0.15) is 6.61 Å². The molecule has 0 saturated heterocycles. The van der Waals surface area contributed by atoms with E-state index in [1.54, 1.807) is 0 Å². The van der Waals surface area contributed by atoms with Crippen LogP contribution < -0.4 is 10.6 Å². The van der Waals surface area contributed by atoms with Gasteiger partial charge in [0.15, 0.2) is 0 Å². The molecule has 1 amide bonds. The minimum absolute atomic E-state index is 0.0635. The van der Waals surface area contributed by atoms with Crippen LogP contribution in [0, 0.1) is 0 Å². The number of carbonyl (C=O) groups excluding carboxylic acids is 1. The van der Waals surface area contributed by atoms with Crippen molar-refractivity contribution < 1.29 is 33.2 Å². The highest BCUT2D eigenvalue weighted by Gasteiger charge is 2.28. The van der Waals surface area contributed by atoms with Crippen LogP contribution >= 0.6 is 0 Å². The summed E-state index contributed by atoms with van der Waals surface area (Å²) in [4.78, 5) is 12.2. The van der Waals surface area contributed by atoms with E-state index in [-0.39, 0.29) is 5.92 Å². The largest absolute Gasteiger partial charge is 0.449 e. The van der Waals surface area contributed by atoms with Crippen LogP contribution in [0.4, 0.5) is 4.79 Å². The zero-order valence-corrected chi connectivity index (χ0v) is 22.5. The second-order valence-electron chi connectivity index (χ2n) is 8.77. The van der Waals surface area contributed by atoms with Gasteiger partial charge in [0.2, 0.25) is 0 Å². The Balaban J connectivity index is 1.10. The number of carbonyl (C=O) groups is 1. The van der Waals surface area contributed by atoms with Gasteiger partial charge in [-0.3, -0.25) is 0 Å². The van der Waals surface area contributed by atoms with E-state index >= 15 is 0 Å². The first-order chi connectivity index (χ1) is 18.8. The summed E-state index contributed by atoms with van der Waals surface area (Å²) in [6, 6.07) is 16.6. The van der Waals surface area contributed by atoms with Crippen LogP contribution in [0.25, 0.3) is 11.1 Å². The smallest absolute Gasteiger partial charge is 0.407 e. The summed E-state index contributed by atoms with van der Waals surface area (Å²) in [5, 5.41) is 5.82. The third-order valence-corrected chi connectivity index (χ3v) is 6.06. The number of ether oxygens (including phenoxy) is 6. The van der Waals surface area contributed by atoms with Gasteiger partial charge in [-0.1, -0.05) is 48.5 Å². The highest BCUT2D eigenvalue weighted by atomic mass is 16.6. The van der Waals surface area contributed by atoms with Crippen molar-refractivity contribution in [3.63, 3.8) is 0 Å². The summed E-state index contributed by atoms with van der Waals surface area (Å²) in [5.41, 5.74) is 4.84. The first-order valence-corrected chi connectivity index (χ1v) is 13.4. The predicted octanol–water partition coefficient (Wildman–Crippen LogP) is 3.22. The lowest BCUT2D eigenvalue weighted by Gasteiger charge is -2.14. The highest BCUT2D eigenvalue weighted by molar-refractivity contribution is 5.79. The molecule has 2 N–H and O–H groups in total. The number of fused-ring (bicyclic) bond motifs is 3. The Morgan fingerprint density at radius 3 is 1.66 bits per heavy atom. The fraction of sp³-hybridized carbons (Fsp3) is 0.552. The van der Waals surface area contributed by atoms with E-state index in [1.165, 1.54) is 22.3 Å². The minimum atomic E-state index is -0.404. The molecule has 2 aromatic rings. The summed E-state index contributed by atoms with van der Waals surface area (Å²) < 4.78 is 32.8. The average Bonchev–Trinajstić information content (AvgIpc) is 3.27. The minimum Gasteiger partial charge on any atom is -0.449 e. The zero-order valence-electron chi connectivity index (χ0n) is 22.5. The molecule has 0 heterocycles. The summed E-state index contributed by atoms with van der Waals surface area (Å²) >= 11 is 0. The number of amides is 1. The Hall–Kier alpha value is -2.53. The standard InChI is InChI=1S/C29H42N2O7/c1-30-12-14-34-16-18-36-20-22-37-21-19-35-17-15-33-13-6-11-31-29(32)38-23-28-26-9-4-2-7-24(26)25-8-3-5-10-27(25)28/h2-5,7-10,28,30H,6,11-23H2,1H3,(H,31,32). The maximum atomic E-state index is 12.2. The van der Waals surface area contributed by atoms with Crippen molar-refractivity contribution in [3.8, 4) is 11.1 Å². The predicted molar refractivity (Wildman–Crippen MR) is 146 cm³/mol. The normalized spacial score (nSPS) is 12.3. The van der Waals surface area contributed by atoms with Gasteiger partial charge in [-0.25, -0.2) is 4.79 Å². The van der Waals surface area contributed by atoms with E-state index in [2.05, 4.69) is 34.9 Å². The number of hydrogen-bond acceptors (Lipinski definition) is 8. The number of benzene rings is 2. The molecule has 210 valence electrons. The number of nitrogens with one attached hydrogen (secondary N) is 2. The molecule has 0 aliphatic heterocycles. The van der Waals surface area contributed by atoms with Crippen LogP contribution in [0.5, 0.6) is 0 Å². The number of rotatable bonds is 21. The molecule has 0 bridgehead atoms. The van der Waals surface area contributed by atoms with Crippen LogP contribution in [-0.2, 0) is 28.4 Å². The van der Waals surface area contributed by atoms with Crippen LogP contribution in [0.15, 0.2) is 48.5 Å². The van der Waals surface area contributed by atoms with Crippen LogP contribution in [0.1, 0.15) is 23.5 Å². The Morgan fingerprint density at radius 2 is 1.13 bits per heavy atom. The second kappa shape index (κ2) is 18.7. The quantitative estimate of drug-likeness (QED) is 0.238. The molecule has 1 aliphatic carbocycles. The average molecular weight is 531 g/mol. The van der Waals surface area contributed by atoms with Crippen molar-refractivity contribution in [2.75, 3.05) is 92.8 Å². The molecule has 2 aromatic carbocycles. The van der Waals surface area contributed by atoms with E-state index in [4.69, 9.17) is 28.4 Å². The molecule has 0 atom stereocenters. The Kier molecular flexibility index (Phi) is 14.8. The molecular weight excluding hydrogens is 488 g/mol. The monoisotopic (exact) mass is 530 g/mol. The van der Waals surface area contributed by atoms with E-state index in [0.29, 0.717) is 85.6 Å². The van der Waals surface area contributed by atoms with Gasteiger partial charge in [-0.05, 0) is 35.7 Å². The van der Waals surface area contributed by atoms with E-state index in [9.17, 15) is 4.79 Å². The van der Waals surface area contributed by atoms with Gasteiger partial charge in [-0.15, -0.1) is 0 Å². The van der Waals surface area contributed by atoms with Crippen molar-refractivity contribution in [1.29, 1.82) is 0 Å². The maximum absolute atomic E-state index is 12.2. The molecule has 3 rings (SSSR count). The molecule has 0 aromatic heterocycles. The summed E-state index contributed by atoms with van der Waals surface area (Å²) in [6.45, 7) is 7.17. The fourth-order valence-corrected chi connectivity index (χ4v) is 4.17. The van der Waals surface area contributed by atoms with Crippen molar-refractivity contribution in [2.45, 2.75) is 12.3 Å². The lowest BCUT2D eigenvalue weighted by Crippen LogP contribution is -2.27. The van der Waals surface area contributed by atoms with E-state index < -0.39 is 6.09 Å². The van der Waals surface area contributed by atoms with Gasteiger partial charge in [0.25, 0.3) is 0 Å². The van der Waals surface area contributed by atoms with Gasteiger partial charge < -0.3 is 39.1 Å². The Bertz CT molecular complexity index is 882. The summed E-state index contributed by atoms with van der Waals surface area (Å²) in [6.07, 6.45) is 0.298. The number of likely N-dealkylation sites (N-methyl/N-ethyl adjacent to an activating group) is 1. The van der Waals surface area contributed by atoms with Crippen LogP contribution in [-0.4, -0.2) is 98.9 Å². The third-order valence-electron chi connectivity index (χ3n) is 6.06. The second-order valence-corrected chi connectivity index (χ2v) is 8.77. The van der Waals surface area contributed by atoms with Crippen molar-refractivity contribution in [3.05, 3.63) is 59.7 Å². The molecule has 9 heteroatoms. The SMILES string of the molecule is CNCCOCCOCCOCCOCCOCCCNC(=O)OCC1c2ccccc2-c2ccccc21. The molecule has 9 nitrogen and oxygen atoms in total. The Morgan fingerprint density at radius 1 is 0.658 bits per heavy atom. The lowest BCUT2D eigenvalue weighted by atomic mass is 9.98. The van der Waals surface area contributed by atoms with Crippen LogP contribution in [0.2, 0.25) is 0 Å². The Labute approximate surface area is 226 Å². The first-order valence-electron chi connectivity index (χ1n) is 13.4. The summed E-state index contributed by atoms with van der Waals surface area (Å²) in [7, 11) is 1.89. The molecular formula is C29H42N2O7. The van der Waals surface area contributed by atoms with Gasteiger partial charge in [0.05, 0.1) is 59.5 Å². The molecule has 0 spiro atoms. The first kappa shape index (κ1) is 30.0. The molecule has 0 fully saturated rings. The topological polar surface area (TPSA) is 96.5 Å². The van der Waals surface area contributed by atoms with Gasteiger partial charge in [-0.2, -0.15) is 0 Å². The van der Waals surface area contributed by atoms with Crippen molar-refractivity contribution in [2.24, 2.45) is 0 Å². The van der Waals surface area contributed by atoms with Gasteiger partial charge >= 0.3 is 6.09 Å². The fourth-order valence-electron chi connectivity index (χ4n) is 4.17. The highest BCUT2D eigenvalue weighted by Crippen LogP contribution is 2.44. The lowest BCUT2D eigenvalue weighted by molar-refractivity contribution is -0.0108. The summed E-state index contributed by atoms with van der Waals surface area (Å²) in [5.74, 6) is 0.0635. The molecule has 0 unspecified atom stereocenters. The molecule has 38 heavy (non-hydrogen) atoms. The molecule has 0 saturated carbocycles. The maximum Gasteiger partial charge on any atom is 0.407 e. The zero-order chi connectivity index (χ0) is 26.7. The molecule has 0 radical (unpaired) electrons. The van der Waals surface area contributed by atoms with E-state index in [0.717, 1.165) is 6.54 Å².